The van der Waals surface area contributed by atoms with Gasteiger partial charge in [-0.25, -0.2) is 0 Å². The zero-order valence-corrected chi connectivity index (χ0v) is 11.5. The molecular formula is C14H24N2O3. The number of nitrogens with zero attached hydrogens (tertiary/aromatic N) is 1. The van der Waals surface area contributed by atoms with Crippen LogP contribution in [0.4, 0.5) is 5.69 Å². The SMILES string of the molecule is COc1cccc(N(CCCN)CCOCCO)c1. The van der Waals surface area contributed by atoms with E-state index in [-0.39, 0.29) is 6.61 Å². The smallest absolute Gasteiger partial charge is 0.120 e. The zero-order chi connectivity index (χ0) is 13.9. The minimum absolute atomic E-state index is 0.0575. The van der Waals surface area contributed by atoms with Crippen molar-refractivity contribution in [2.45, 2.75) is 6.42 Å². The van der Waals surface area contributed by atoms with E-state index in [0.29, 0.717) is 19.8 Å². The molecule has 0 aromatic heterocycles. The lowest BCUT2D eigenvalue weighted by molar-refractivity contribution is 0.0966. The Morgan fingerprint density at radius 3 is 2.79 bits per heavy atom. The summed E-state index contributed by atoms with van der Waals surface area (Å²) in [5.41, 5.74) is 6.67. The molecule has 108 valence electrons. The first-order valence-corrected chi connectivity index (χ1v) is 6.59. The second kappa shape index (κ2) is 9.61. The van der Waals surface area contributed by atoms with Crippen LogP contribution in [0.15, 0.2) is 24.3 Å². The molecular weight excluding hydrogens is 244 g/mol. The van der Waals surface area contributed by atoms with Crippen molar-refractivity contribution in [3.63, 3.8) is 0 Å². The predicted molar refractivity (Wildman–Crippen MR) is 76.8 cm³/mol. The lowest BCUT2D eigenvalue weighted by atomic mass is 10.2. The van der Waals surface area contributed by atoms with Gasteiger partial charge in [0.25, 0.3) is 0 Å². The molecule has 0 amide bonds. The number of aliphatic hydroxyl groups excluding tert-OH is 1. The maximum atomic E-state index is 8.69. The molecule has 1 rings (SSSR count). The summed E-state index contributed by atoms with van der Waals surface area (Å²) in [6, 6.07) is 7.94. The number of anilines is 1. The summed E-state index contributed by atoms with van der Waals surface area (Å²) < 4.78 is 10.6. The molecule has 0 radical (unpaired) electrons. The Bertz CT molecular complexity index is 347. The van der Waals surface area contributed by atoms with Gasteiger partial charge < -0.3 is 25.2 Å². The van der Waals surface area contributed by atoms with Crippen LogP contribution in [-0.2, 0) is 4.74 Å². The standard InChI is InChI=1S/C14H24N2O3/c1-18-14-5-2-4-13(12-14)16(7-3-6-15)8-10-19-11-9-17/h2,4-5,12,17H,3,6-11,15H2,1H3. The number of rotatable bonds is 10. The van der Waals surface area contributed by atoms with Crippen LogP contribution in [-0.4, -0.2) is 51.7 Å². The van der Waals surface area contributed by atoms with Crippen molar-refractivity contribution in [1.29, 1.82) is 0 Å². The number of aliphatic hydroxyl groups is 1. The van der Waals surface area contributed by atoms with E-state index in [4.69, 9.17) is 20.3 Å². The molecule has 0 saturated heterocycles. The number of ether oxygens (including phenoxy) is 2. The van der Waals surface area contributed by atoms with Crippen LogP contribution in [0.25, 0.3) is 0 Å². The van der Waals surface area contributed by atoms with Crippen LogP contribution in [0, 0.1) is 0 Å². The van der Waals surface area contributed by atoms with Crippen LogP contribution in [0.1, 0.15) is 6.42 Å². The molecule has 0 unspecified atom stereocenters. The van der Waals surface area contributed by atoms with Gasteiger partial charge in [-0.15, -0.1) is 0 Å². The number of methoxy groups -OCH3 is 1. The molecule has 19 heavy (non-hydrogen) atoms. The highest BCUT2D eigenvalue weighted by Gasteiger charge is 2.07. The average Bonchev–Trinajstić information content (AvgIpc) is 2.46. The van der Waals surface area contributed by atoms with Crippen LogP contribution in [0.2, 0.25) is 0 Å². The lowest BCUT2D eigenvalue weighted by Gasteiger charge is -2.25. The van der Waals surface area contributed by atoms with Gasteiger partial charge in [-0.2, -0.15) is 0 Å². The Labute approximate surface area is 114 Å². The van der Waals surface area contributed by atoms with Gasteiger partial charge in [0.2, 0.25) is 0 Å². The summed E-state index contributed by atoms with van der Waals surface area (Å²) in [5.74, 6) is 0.839. The van der Waals surface area contributed by atoms with Crippen molar-refractivity contribution in [1.82, 2.24) is 0 Å². The maximum Gasteiger partial charge on any atom is 0.120 e. The van der Waals surface area contributed by atoms with E-state index in [1.807, 2.05) is 24.3 Å². The van der Waals surface area contributed by atoms with Crippen LogP contribution >= 0.6 is 0 Å². The fourth-order valence-corrected chi connectivity index (χ4v) is 1.80. The van der Waals surface area contributed by atoms with Crippen LogP contribution < -0.4 is 15.4 Å². The molecule has 3 N–H and O–H groups in total. The van der Waals surface area contributed by atoms with E-state index >= 15 is 0 Å². The molecule has 0 bridgehead atoms. The van der Waals surface area contributed by atoms with Crippen LogP contribution in [0.3, 0.4) is 0 Å². The first-order valence-electron chi connectivity index (χ1n) is 6.59. The van der Waals surface area contributed by atoms with Gasteiger partial charge in [0.1, 0.15) is 5.75 Å². The highest BCUT2D eigenvalue weighted by molar-refractivity contribution is 5.50. The van der Waals surface area contributed by atoms with E-state index in [1.165, 1.54) is 0 Å². The Morgan fingerprint density at radius 2 is 2.11 bits per heavy atom. The summed E-state index contributed by atoms with van der Waals surface area (Å²) >= 11 is 0. The minimum atomic E-state index is 0.0575. The van der Waals surface area contributed by atoms with Crippen molar-refractivity contribution in [2.24, 2.45) is 5.73 Å². The third-order valence-electron chi connectivity index (χ3n) is 2.79. The normalized spacial score (nSPS) is 10.5. The third kappa shape index (κ3) is 5.92. The number of hydrogen-bond acceptors (Lipinski definition) is 5. The third-order valence-corrected chi connectivity index (χ3v) is 2.79. The maximum absolute atomic E-state index is 8.69. The molecule has 1 aromatic rings. The quantitative estimate of drug-likeness (QED) is 0.616. The molecule has 0 aliphatic carbocycles. The molecule has 0 saturated carbocycles. The van der Waals surface area contributed by atoms with Gasteiger partial charge in [0, 0.05) is 24.8 Å². The molecule has 0 atom stereocenters. The molecule has 0 spiro atoms. The van der Waals surface area contributed by atoms with Crippen molar-refractivity contribution in [2.75, 3.05) is 51.5 Å². The second-order valence-electron chi connectivity index (χ2n) is 4.17. The molecule has 0 heterocycles. The fourth-order valence-electron chi connectivity index (χ4n) is 1.80. The van der Waals surface area contributed by atoms with Crippen LogP contribution in [0.5, 0.6) is 5.75 Å². The van der Waals surface area contributed by atoms with Gasteiger partial charge in [-0.1, -0.05) is 6.07 Å². The van der Waals surface area contributed by atoms with E-state index < -0.39 is 0 Å². The van der Waals surface area contributed by atoms with Gasteiger partial charge in [-0.3, -0.25) is 0 Å². The molecule has 5 nitrogen and oxygen atoms in total. The van der Waals surface area contributed by atoms with Gasteiger partial charge >= 0.3 is 0 Å². The summed E-state index contributed by atoms with van der Waals surface area (Å²) in [7, 11) is 1.66. The predicted octanol–water partition coefficient (Wildman–Crippen LogP) is 0.859. The lowest BCUT2D eigenvalue weighted by Crippen LogP contribution is -2.30. The average molecular weight is 268 g/mol. The van der Waals surface area contributed by atoms with Crippen molar-refractivity contribution < 1.29 is 14.6 Å². The van der Waals surface area contributed by atoms with Gasteiger partial charge in [-0.05, 0) is 25.1 Å². The molecule has 5 heteroatoms. The fraction of sp³-hybridized carbons (Fsp3) is 0.571. The van der Waals surface area contributed by atoms with E-state index in [1.54, 1.807) is 7.11 Å². The van der Waals surface area contributed by atoms with Gasteiger partial charge in [0.05, 0.1) is 26.9 Å². The molecule has 0 aliphatic rings. The topological polar surface area (TPSA) is 68.0 Å². The second-order valence-corrected chi connectivity index (χ2v) is 4.17. The number of benzene rings is 1. The first-order chi connectivity index (χ1) is 9.31. The number of hydrogen-bond donors (Lipinski definition) is 2. The molecule has 0 aliphatic heterocycles. The molecule has 1 aromatic carbocycles. The van der Waals surface area contributed by atoms with E-state index in [2.05, 4.69) is 4.90 Å². The highest BCUT2D eigenvalue weighted by Crippen LogP contribution is 2.20. The Kier molecular flexibility index (Phi) is 7.97. The van der Waals surface area contributed by atoms with Crippen molar-refractivity contribution in [3.8, 4) is 5.75 Å². The summed E-state index contributed by atoms with van der Waals surface area (Å²) in [6.45, 7) is 3.34. The van der Waals surface area contributed by atoms with Crippen molar-refractivity contribution >= 4 is 5.69 Å². The summed E-state index contributed by atoms with van der Waals surface area (Å²) in [4.78, 5) is 2.22. The Balaban J connectivity index is 2.60. The Hall–Kier alpha value is -1.30. The van der Waals surface area contributed by atoms with Crippen molar-refractivity contribution in [3.05, 3.63) is 24.3 Å². The largest absolute Gasteiger partial charge is 0.497 e. The first kappa shape index (κ1) is 15.8. The Morgan fingerprint density at radius 1 is 1.26 bits per heavy atom. The summed E-state index contributed by atoms with van der Waals surface area (Å²) in [6.07, 6.45) is 0.928. The monoisotopic (exact) mass is 268 g/mol. The minimum Gasteiger partial charge on any atom is -0.497 e. The molecule has 0 fully saturated rings. The number of nitrogens with two attached hydrogens (primary N) is 1. The van der Waals surface area contributed by atoms with Gasteiger partial charge in [0.15, 0.2) is 0 Å². The zero-order valence-electron chi connectivity index (χ0n) is 11.5. The van der Waals surface area contributed by atoms with E-state index in [0.717, 1.165) is 30.9 Å². The van der Waals surface area contributed by atoms with E-state index in [9.17, 15) is 0 Å². The summed E-state index contributed by atoms with van der Waals surface area (Å²) in [5, 5.41) is 8.69. The highest BCUT2D eigenvalue weighted by atomic mass is 16.5.